The quantitative estimate of drug-likeness (QED) is 0.794. The second kappa shape index (κ2) is 4.42. The molecule has 17 heavy (non-hydrogen) atoms. The lowest BCUT2D eigenvalue weighted by molar-refractivity contribution is 0.394. The Hall–Kier alpha value is -0.870. The number of nitrogens with zero attached hydrogens (tertiary/aromatic N) is 3. The van der Waals surface area contributed by atoms with Gasteiger partial charge in [-0.3, -0.25) is 4.40 Å². The summed E-state index contributed by atoms with van der Waals surface area (Å²) >= 11 is 3.55. The van der Waals surface area contributed by atoms with Crippen LogP contribution in [0.2, 0.25) is 0 Å². The Kier molecular flexibility index (Phi) is 2.92. The average molecular weight is 294 g/mol. The van der Waals surface area contributed by atoms with Gasteiger partial charge in [0.25, 0.3) is 0 Å². The monoisotopic (exact) mass is 293 g/mol. The zero-order valence-corrected chi connectivity index (χ0v) is 11.5. The molecule has 0 N–H and O–H groups in total. The Labute approximate surface area is 110 Å². The van der Waals surface area contributed by atoms with Crippen molar-refractivity contribution in [3.8, 4) is 0 Å². The third-order valence-electron chi connectivity index (χ3n) is 3.48. The lowest BCUT2D eigenvalue weighted by atomic mass is 10.0. The molecule has 1 fully saturated rings. The SMILES string of the molecule is CN1CCC(Cc2cn3c(Br)cccc3n2)C1. The van der Waals surface area contributed by atoms with Crippen molar-refractivity contribution in [3.63, 3.8) is 0 Å². The van der Waals surface area contributed by atoms with E-state index in [0.29, 0.717) is 0 Å². The van der Waals surface area contributed by atoms with Crippen molar-refractivity contribution in [2.75, 3.05) is 20.1 Å². The number of aromatic nitrogens is 2. The van der Waals surface area contributed by atoms with Crippen LogP contribution in [0.15, 0.2) is 29.0 Å². The second-order valence-electron chi connectivity index (χ2n) is 4.93. The van der Waals surface area contributed by atoms with Gasteiger partial charge < -0.3 is 4.90 Å². The molecule has 1 saturated heterocycles. The van der Waals surface area contributed by atoms with Crippen LogP contribution in [0.25, 0.3) is 5.65 Å². The molecule has 0 bridgehead atoms. The van der Waals surface area contributed by atoms with Crippen LogP contribution in [-0.2, 0) is 6.42 Å². The molecule has 2 aromatic heterocycles. The molecule has 0 aliphatic carbocycles. The highest BCUT2D eigenvalue weighted by atomic mass is 79.9. The van der Waals surface area contributed by atoms with Crippen molar-refractivity contribution in [1.29, 1.82) is 0 Å². The second-order valence-corrected chi connectivity index (χ2v) is 5.74. The third kappa shape index (κ3) is 2.24. The highest BCUT2D eigenvalue weighted by molar-refractivity contribution is 9.10. The van der Waals surface area contributed by atoms with Crippen LogP contribution in [0, 0.1) is 5.92 Å². The van der Waals surface area contributed by atoms with E-state index < -0.39 is 0 Å². The number of halogens is 1. The van der Waals surface area contributed by atoms with Crippen LogP contribution in [0.4, 0.5) is 0 Å². The first-order chi connectivity index (χ1) is 8.22. The molecule has 0 amide bonds. The van der Waals surface area contributed by atoms with Crippen LogP contribution in [0.5, 0.6) is 0 Å². The Bertz CT molecular complexity index is 534. The molecule has 1 aliphatic rings. The van der Waals surface area contributed by atoms with Crippen LogP contribution in [0.3, 0.4) is 0 Å². The fraction of sp³-hybridized carbons (Fsp3) is 0.462. The minimum Gasteiger partial charge on any atom is -0.306 e. The molecular formula is C13H16BrN3. The first kappa shape index (κ1) is 11.2. The van der Waals surface area contributed by atoms with Gasteiger partial charge in [0.15, 0.2) is 0 Å². The summed E-state index contributed by atoms with van der Waals surface area (Å²) in [6.07, 6.45) is 4.54. The maximum Gasteiger partial charge on any atom is 0.137 e. The molecule has 4 heteroatoms. The average Bonchev–Trinajstić information content (AvgIpc) is 2.86. The molecule has 0 aromatic carbocycles. The van der Waals surface area contributed by atoms with Crippen LogP contribution >= 0.6 is 15.9 Å². The predicted octanol–water partition coefficient (Wildman–Crippen LogP) is 2.59. The first-order valence-corrected chi connectivity index (χ1v) is 6.83. The molecule has 3 rings (SSSR count). The molecule has 3 nitrogen and oxygen atoms in total. The Balaban J connectivity index is 1.84. The number of imidazole rings is 1. The van der Waals surface area contributed by atoms with E-state index in [9.17, 15) is 0 Å². The van der Waals surface area contributed by atoms with E-state index in [1.807, 2.05) is 12.1 Å². The zero-order chi connectivity index (χ0) is 11.8. The van der Waals surface area contributed by atoms with Gasteiger partial charge in [0.05, 0.1) is 10.3 Å². The number of hydrogen-bond donors (Lipinski definition) is 0. The highest BCUT2D eigenvalue weighted by Crippen LogP contribution is 2.21. The molecular weight excluding hydrogens is 278 g/mol. The van der Waals surface area contributed by atoms with E-state index in [1.54, 1.807) is 0 Å². The number of pyridine rings is 1. The lowest BCUT2D eigenvalue weighted by Crippen LogP contribution is -2.15. The summed E-state index contributed by atoms with van der Waals surface area (Å²) in [6.45, 7) is 2.43. The smallest absolute Gasteiger partial charge is 0.137 e. The fourth-order valence-corrected chi connectivity index (χ4v) is 3.05. The van der Waals surface area contributed by atoms with Gasteiger partial charge in [-0.05, 0) is 60.4 Å². The highest BCUT2D eigenvalue weighted by Gasteiger charge is 2.20. The summed E-state index contributed by atoms with van der Waals surface area (Å²) in [5.41, 5.74) is 2.23. The number of likely N-dealkylation sites (tertiary alicyclic amines) is 1. The summed E-state index contributed by atoms with van der Waals surface area (Å²) in [5.74, 6) is 0.767. The van der Waals surface area contributed by atoms with Gasteiger partial charge in [0.2, 0.25) is 0 Å². The predicted molar refractivity (Wildman–Crippen MR) is 72.2 cm³/mol. The van der Waals surface area contributed by atoms with E-state index in [4.69, 9.17) is 0 Å². The number of rotatable bonds is 2. The van der Waals surface area contributed by atoms with Crippen molar-refractivity contribution in [3.05, 3.63) is 34.7 Å². The Morgan fingerprint density at radius 2 is 2.35 bits per heavy atom. The van der Waals surface area contributed by atoms with Gasteiger partial charge in [-0.1, -0.05) is 6.07 Å². The van der Waals surface area contributed by atoms with Gasteiger partial charge in [-0.25, -0.2) is 4.98 Å². The summed E-state index contributed by atoms with van der Waals surface area (Å²) in [6, 6.07) is 6.12. The molecule has 90 valence electrons. The van der Waals surface area contributed by atoms with Crippen molar-refractivity contribution >= 4 is 21.6 Å². The lowest BCUT2D eigenvalue weighted by Gasteiger charge is -2.07. The van der Waals surface area contributed by atoms with Gasteiger partial charge in [-0.2, -0.15) is 0 Å². The molecule has 3 heterocycles. The van der Waals surface area contributed by atoms with Gasteiger partial charge in [0, 0.05) is 12.7 Å². The van der Waals surface area contributed by atoms with E-state index >= 15 is 0 Å². The fourth-order valence-electron chi connectivity index (χ4n) is 2.61. The molecule has 2 aromatic rings. The standard InChI is InChI=1S/C13H16BrN3/c1-16-6-5-10(8-16)7-11-9-17-12(14)3-2-4-13(17)15-11/h2-4,9-10H,5-8H2,1H3. The Morgan fingerprint density at radius 3 is 3.06 bits per heavy atom. The maximum atomic E-state index is 4.68. The van der Waals surface area contributed by atoms with Crippen molar-refractivity contribution in [1.82, 2.24) is 14.3 Å². The van der Waals surface area contributed by atoms with Crippen molar-refractivity contribution in [2.24, 2.45) is 5.92 Å². The molecule has 0 saturated carbocycles. The first-order valence-electron chi connectivity index (χ1n) is 6.03. The summed E-state index contributed by atoms with van der Waals surface area (Å²) in [5, 5.41) is 0. The number of fused-ring (bicyclic) bond motifs is 1. The van der Waals surface area contributed by atoms with Crippen LogP contribution in [-0.4, -0.2) is 34.4 Å². The van der Waals surface area contributed by atoms with E-state index in [1.165, 1.54) is 25.2 Å². The maximum absolute atomic E-state index is 4.68. The topological polar surface area (TPSA) is 20.5 Å². The molecule has 1 unspecified atom stereocenters. The normalized spacial score (nSPS) is 21.4. The summed E-state index contributed by atoms with van der Waals surface area (Å²) in [4.78, 5) is 7.08. The minimum absolute atomic E-state index is 0.767. The van der Waals surface area contributed by atoms with Gasteiger partial charge >= 0.3 is 0 Å². The van der Waals surface area contributed by atoms with E-state index in [0.717, 1.165) is 22.6 Å². The van der Waals surface area contributed by atoms with Crippen LogP contribution in [0.1, 0.15) is 12.1 Å². The Morgan fingerprint density at radius 1 is 1.47 bits per heavy atom. The molecule has 1 atom stereocenters. The molecule has 0 radical (unpaired) electrons. The van der Waals surface area contributed by atoms with Crippen LogP contribution < -0.4 is 0 Å². The third-order valence-corrected chi connectivity index (χ3v) is 4.13. The summed E-state index contributed by atoms with van der Waals surface area (Å²) < 4.78 is 3.17. The van der Waals surface area contributed by atoms with Gasteiger partial charge in [0.1, 0.15) is 5.65 Å². The van der Waals surface area contributed by atoms with Gasteiger partial charge in [-0.15, -0.1) is 0 Å². The van der Waals surface area contributed by atoms with E-state index in [2.05, 4.69) is 49.5 Å². The largest absolute Gasteiger partial charge is 0.306 e. The number of hydrogen-bond acceptors (Lipinski definition) is 2. The zero-order valence-electron chi connectivity index (χ0n) is 9.93. The van der Waals surface area contributed by atoms with E-state index in [-0.39, 0.29) is 0 Å². The minimum atomic E-state index is 0.767. The summed E-state index contributed by atoms with van der Waals surface area (Å²) in [7, 11) is 2.19. The van der Waals surface area contributed by atoms with Crippen molar-refractivity contribution < 1.29 is 0 Å². The molecule has 1 aliphatic heterocycles. The molecule has 0 spiro atoms. The van der Waals surface area contributed by atoms with Crippen molar-refractivity contribution in [2.45, 2.75) is 12.8 Å².